The number of benzene rings is 3. The van der Waals surface area contributed by atoms with Gasteiger partial charge in [0, 0.05) is 20.1 Å². The van der Waals surface area contributed by atoms with Crippen molar-refractivity contribution in [2.75, 3.05) is 20.1 Å². The number of halogens is 3. The standard InChI is InChI=1S/C30H33F3N2S/c1-20-21(2)28-26(23-12-14-24(15-13-23)30(31,32)33)10-7-11-27(28)25(20)17-19-35(3)29(36)34-18-16-22-8-5-4-6-9-22/h4-15,20-21,25H,16-19H2,1-3H3,(H,34,36)/t20-,21?,25?/m1/s1. The van der Waals surface area contributed by atoms with E-state index in [0.29, 0.717) is 17.8 Å². The third-order valence-electron chi connectivity index (χ3n) is 7.60. The molecule has 0 radical (unpaired) electrons. The molecule has 36 heavy (non-hydrogen) atoms. The fraction of sp³-hybridized carbons (Fsp3) is 0.367. The van der Waals surface area contributed by atoms with Gasteiger partial charge in [0.2, 0.25) is 0 Å². The Morgan fingerprint density at radius 2 is 1.64 bits per heavy atom. The van der Waals surface area contributed by atoms with Gasteiger partial charge in [0.25, 0.3) is 0 Å². The molecule has 190 valence electrons. The SMILES string of the molecule is CC1c2c(-c3ccc(C(F)(F)F)cc3)cccc2C(CCN(C)C(=S)NCCc2ccccc2)[C@@H]1C. The summed E-state index contributed by atoms with van der Waals surface area (Å²) in [4.78, 5) is 2.11. The van der Waals surface area contributed by atoms with Crippen molar-refractivity contribution < 1.29 is 13.2 Å². The molecule has 2 unspecified atom stereocenters. The summed E-state index contributed by atoms with van der Waals surface area (Å²) in [5.41, 5.74) is 5.11. The van der Waals surface area contributed by atoms with Crippen molar-refractivity contribution in [3.8, 4) is 11.1 Å². The van der Waals surface area contributed by atoms with Crippen LogP contribution >= 0.6 is 12.2 Å². The molecule has 3 aromatic carbocycles. The van der Waals surface area contributed by atoms with Crippen LogP contribution in [0, 0.1) is 5.92 Å². The normalized spacial score (nSPS) is 19.1. The smallest absolute Gasteiger partial charge is 0.362 e. The molecule has 0 aliphatic heterocycles. The highest BCUT2D eigenvalue weighted by Crippen LogP contribution is 2.51. The van der Waals surface area contributed by atoms with E-state index in [0.717, 1.165) is 42.2 Å². The first-order chi connectivity index (χ1) is 17.2. The number of alkyl halides is 3. The lowest BCUT2D eigenvalue weighted by Crippen LogP contribution is -2.39. The molecule has 0 saturated carbocycles. The van der Waals surface area contributed by atoms with E-state index in [4.69, 9.17) is 12.2 Å². The zero-order valence-corrected chi connectivity index (χ0v) is 21.8. The van der Waals surface area contributed by atoms with Crippen LogP contribution in [0.1, 0.15) is 54.4 Å². The van der Waals surface area contributed by atoms with Crippen LogP contribution in [-0.2, 0) is 12.6 Å². The molecule has 3 aromatic rings. The van der Waals surface area contributed by atoms with Crippen LogP contribution in [0.25, 0.3) is 11.1 Å². The van der Waals surface area contributed by atoms with Crippen LogP contribution in [0.4, 0.5) is 13.2 Å². The number of fused-ring (bicyclic) bond motifs is 1. The summed E-state index contributed by atoms with van der Waals surface area (Å²) in [6, 6.07) is 22.1. The predicted molar refractivity (Wildman–Crippen MR) is 145 cm³/mol. The van der Waals surface area contributed by atoms with Crippen molar-refractivity contribution >= 4 is 17.3 Å². The maximum Gasteiger partial charge on any atom is 0.416 e. The first kappa shape index (κ1) is 26.2. The van der Waals surface area contributed by atoms with Gasteiger partial charge in [-0.3, -0.25) is 0 Å². The molecule has 1 N–H and O–H groups in total. The first-order valence-corrected chi connectivity index (χ1v) is 12.9. The molecule has 0 amide bonds. The number of nitrogens with zero attached hydrogens (tertiary/aromatic N) is 1. The summed E-state index contributed by atoms with van der Waals surface area (Å²) in [6.45, 7) is 6.14. The van der Waals surface area contributed by atoms with Gasteiger partial charge in [0.15, 0.2) is 5.11 Å². The van der Waals surface area contributed by atoms with Crippen molar-refractivity contribution in [3.05, 3.63) is 95.1 Å². The van der Waals surface area contributed by atoms with Gasteiger partial charge in [0.1, 0.15) is 0 Å². The minimum atomic E-state index is -4.33. The third kappa shape index (κ3) is 5.75. The summed E-state index contributed by atoms with van der Waals surface area (Å²) >= 11 is 5.62. The Hall–Kier alpha value is -2.86. The first-order valence-electron chi connectivity index (χ1n) is 12.5. The molecule has 0 aromatic heterocycles. The zero-order chi connectivity index (χ0) is 25.9. The van der Waals surface area contributed by atoms with Crippen LogP contribution < -0.4 is 5.32 Å². The van der Waals surface area contributed by atoms with Gasteiger partial charge in [-0.2, -0.15) is 13.2 Å². The van der Waals surface area contributed by atoms with Gasteiger partial charge in [0.05, 0.1) is 5.56 Å². The molecule has 4 rings (SSSR count). The quantitative estimate of drug-likeness (QED) is 0.329. The minimum absolute atomic E-state index is 0.324. The summed E-state index contributed by atoms with van der Waals surface area (Å²) in [6.07, 6.45) is -2.44. The molecular formula is C30H33F3N2S. The lowest BCUT2D eigenvalue weighted by molar-refractivity contribution is -0.137. The number of hydrogen-bond donors (Lipinski definition) is 1. The molecule has 0 bridgehead atoms. The average molecular weight is 511 g/mol. The maximum atomic E-state index is 13.0. The van der Waals surface area contributed by atoms with E-state index in [9.17, 15) is 13.2 Å². The van der Waals surface area contributed by atoms with Crippen molar-refractivity contribution in [1.82, 2.24) is 10.2 Å². The lowest BCUT2D eigenvalue weighted by atomic mass is 9.87. The second kappa shape index (κ2) is 11.0. The van der Waals surface area contributed by atoms with E-state index < -0.39 is 11.7 Å². The summed E-state index contributed by atoms with van der Waals surface area (Å²) < 4.78 is 39.1. The number of thiocarbonyl (C=S) groups is 1. The average Bonchev–Trinajstić information content (AvgIpc) is 3.12. The van der Waals surface area contributed by atoms with E-state index in [1.165, 1.54) is 28.8 Å². The van der Waals surface area contributed by atoms with Crippen LogP contribution in [0.15, 0.2) is 72.8 Å². The molecule has 1 aliphatic carbocycles. The van der Waals surface area contributed by atoms with Crippen molar-refractivity contribution in [2.24, 2.45) is 5.92 Å². The molecule has 1 aliphatic rings. The number of nitrogens with one attached hydrogen (secondary N) is 1. The van der Waals surface area contributed by atoms with Crippen molar-refractivity contribution in [3.63, 3.8) is 0 Å². The Labute approximate surface area is 217 Å². The van der Waals surface area contributed by atoms with Crippen LogP contribution in [0.3, 0.4) is 0 Å². The molecule has 6 heteroatoms. The Morgan fingerprint density at radius 1 is 0.944 bits per heavy atom. The van der Waals surface area contributed by atoms with Crippen molar-refractivity contribution in [1.29, 1.82) is 0 Å². The number of rotatable bonds is 7. The van der Waals surface area contributed by atoms with Gasteiger partial charge >= 0.3 is 6.18 Å². The van der Waals surface area contributed by atoms with E-state index in [-0.39, 0.29) is 0 Å². The van der Waals surface area contributed by atoms with E-state index in [1.54, 1.807) is 12.1 Å². The third-order valence-corrected chi connectivity index (χ3v) is 8.05. The van der Waals surface area contributed by atoms with E-state index >= 15 is 0 Å². The lowest BCUT2D eigenvalue weighted by Gasteiger charge is -2.25. The molecule has 0 spiro atoms. The zero-order valence-electron chi connectivity index (χ0n) is 21.0. The van der Waals surface area contributed by atoms with E-state index in [2.05, 4.69) is 42.3 Å². The van der Waals surface area contributed by atoms with Gasteiger partial charge in [-0.25, -0.2) is 0 Å². The minimum Gasteiger partial charge on any atom is -0.362 e. The Morgan fingerprint density at radius 3 is 2.31 bits per heavy atom. The molecular weight excluding hydrogens is 477 g/mol. The second-order valence-electron chi connectivity index (χ2n) is 9.82. The number of hydrogen-bond acceptors (Lipinski definition) is 1. The highest BCUT2D eigenvalue weighted by Gasteiger charge is 2.37. The second-order valence-corrected chi connectivity index (χ2v) is 10.2. The van der Waals surface area contributed by atoms with Gasteiger partial charge in [-0.1, -0.05) is 74.5 Å². The fourth-order valence-electron chi connectivity index (χ4n) is 5.35. The monoisotopic (exact) mass is 510 g/mol. The Bertz CT molecular complexity index is 1180. The van der Waals surface area contributed by atoms with Gasteiger partial charge < -0.3 is 10.2 Å². The summed E-state index contributed by atoms with van der Waals surface area (Å²) in [5, 5.41) is 4.12. The largest absolute Gasteiger partial charge is 0.416 e. The fourth-order valence-corrected chi connectivity index (χ4v) is 5.54. The Kier molecular flexibility index (Phi) is 8.04. The Balaban J connectivity index is 1.42. The molecule has 0 saturated heterocycles. The van der Waals surface area contributed by atoms with Crippen LogP contribution in [0.5, 0.6) is 0 Å². The molecule has 0 heterocycles. The maximum absolute atomic E-state index is 13.0. The summed E-state index contributed by atoms with van der Waals surface area (Å²) in [7, 11) is 2.03. The van der Waals surface area contributed by atoms with Crippen LogP contribution in [-0.4, -0.2) is 30.1 Å². The topological polar surface area (TPSA) is 15.3 Å². The predicted octanol–water partition coefficient (Wildman–Crippen LogP) is 7.65. The van der Waals surface area contributed by atoms with Gasteiger partial charge in [-0.05, 0) is 82.8 Å². The molecule has 0 fully saturated rings. The van der Waals surface area contributed by atoms with E-state index in [1.807, 2.05) is 37.4 Å². The van der Waals surface area contributed by atoms with Gasteiger partial charge in [-0.15, -0.1) is 0 Å². The van der Waals surface area contributed by atoms with Crippen LogP contribution in [0.2, 0.25) is 0 Å². The summed E-state index contributed by atoms with van der Waals surface area (Å²) in [5.74, 6) is 1.13. The highest BCUT2D eigenvalue weighted by atomic mass is 32.1. The highest BCUT2D eigenvalue weighted by molar-refractivity contribution is 7.80. The van der Waals surface area contributed by atoms with Crippen molar-refractivity contribution in [2.45, 2.75) is 44.7 Å². The molecule has 3 atom stereocenters. The molecule has 2 nitrogen and oxygen atoms in total.